The summed E-state index contributed by atoms with van der Waals surface area (Å²) in [4.78, 5) is 10.2. The van der Waals surface area contributed by atoms with Crippen LogP contribution in [0.2, 0.25) is 0 Å². The third-order valence-corrected chi connectivity index (χ3v) is 3.55. The number of aldehydes is 1. The lowest BCUT2D eigenvalue weighted by Gasteiger charge is -2.39. The van der Waals surface area contributed by atoms with Crippen molar-refractivity contribution in [3.05, 3.63) is 0 Å². The van der Waals surface area contributed by atoms with Gasteiger partial charge in [-0.3, -0.25) is 0 Å². The molecular formula is C6H10OS. The maximum atomic E-state index is 10.2. The summed E-state index contributed by atoms with van der Waals surface area (Å²) in [7, 11) is 0. The monoisotopic (exact) mass is 130 g/mol. The zero-order valence-corrected chi connectivity index (χ0v) is 5.99. The number of hydrogen-bond donors (Lipinski definition) is 0. The van der Waals surface area contributed by atoms with Crippen molar-refractivity contribution in [3.8, 4) is 0 Å². The molecule has 0 spiro atoms. The van der Waals surface area contributed by atoms with Gasteiger partial charge < -0.3 is 4.79 Å². The van der Waals surface area contributed by atoms with Crippen molar-refractivity contribution in [1.82, 2.24) is 0 Å². The third-order valence-electron chi connectivity index (χ3n) is 1.53. The molecule has 1 heterocycles. The molecular weight excluding hydrogens is 120 g/mol. The molecule has 1 nitrogen and oxygen atoms in total. The summed E-state index contributed by atoms with van der Waals surface area (Å²) in [6, 6.07) is 0. The number of carbonyl (C=O) groups excluding carboxylic acids is 1. The van der Waals surface area contributed by atoms with Crippen molar-refractivity contribution in [2.45, 2.75) is 19.1 Å². The minimum Gasteiger partial charge on any atom is -0.302 e. The van der Waals surface area contributed by atoms with Crippen molar-refractivity contribution in [3.63, 3.8) is 0 Å². The van der Waals surface area contributed by atoms with E-state index in [1.807, 2.05) is 0 Å². The molecule has 0 amide bonds. The van der Waals surface area contributed by atoms with Crippen LogP contribution >= 0.6 is 11.8 Å². The highest BCUT2D eigenvalue weighted by Gasteiger charge is 2.38. The molecule has 46 valence electrons. The fourth-order valence-corrected chi connectivity index (χ4v) is 1.84. The average Bonchev–Trinajstić information content (AvgIpc) is 1.66. The van der Waals surface area contributed by atoms with Crippen molar-refractivity contribution in [2.24, 2.45) is 5.41 Å². The molecule has 0 N–H and O–H groups in total. The van der Waals surface area contributed by atoms with E-state index in [0.717, 1.165) is 12.0 Å². The summed E-state index contributed by atoms with van der Waals surface area (Å²) in [5.74, 6) is 1.14. The quantitative estimate of drug-likeness (QED) is 0.498. The van der Waals surface area contributed by atoms with Crippen LogP contribution in [0.25, 0.3) is 0 Å². The summed E-state index contributed by atoms with van der Waals surface area (Å²) >= 11 is 1.74. The van der Waals surface area contributed by atoms with Gasteiger partial charge in [0.1, 0.15) is 6.29 Å². The fourth-order valence-electron chi connectivity index (χ4n) is 0.736. The first-order valence-corrected chi connectivity index (χ1v) is 3.78. The molecule has 2 heteroatoms. The van der Waals surface area contributed by atoms with E-state index < -0.39 is 0 Å². The van der Waals surface area contributed by atoms with Gasteiger partial charge >= 0.3 is 0 Å². The van der Waals surface area contributed by atoms with Crippen LogP contribution in [-0.2, 0) is 4.79 Å². The van der Waals surface area contributed by atoms with Crippen LogP contribution in [0.15, 0.2) is 0 Å². The van der Waals surface area contributed by atoms with E-state index in [-0.39, 0.29) is 10.7 Å². The molecule has 0 saturated carbocycles. The number of rotatable bonds is 1. The summed E-state index contributed by atoms with van der Waals surface area (Å²) < 4.78 is 0. The van der Waals surface area contributed by atoms with E-state index in [4.69, 9.17) is 0 Å². The minimum absolute atomic E-state index is 0.266. The predicted molar refractivity (Wildman–Crippen MR) is 36.1 cm³/mol. The van der Waals surface area contributed by atoms with E-state index >= 15 is 0 Å². The summed E-state index contributed by atoms with van der Waals surface area (Å²) in [5, 5.41) is 0.266. The standard InChI is InChI=1S/C6H10OS/c1-6(2)4-8-5(6)3-7/h3,5H,4H2,1-2H3. The molecule has 1 atom stereocenters. The van der Waals surface area contributed by atoms with Gasteiger partial charge in [-0.25, -0.2) is 0 Å². The van der Waals surface area contributed by atoms with Gasteiger partial charge in [-0.15, -0.1) is 11.8 Å². The Morgan fingerprint density at radius 2 is 2.38 bits per heavy atom. The van der Waals surface area contributed by atoms with Crippen molar-refractivity contribution >= 4 is 18.0 Å². The second-order valence-corrected chi connectivity index (χ2v) is 3.99. The highest BCUT2D eigenvalue weighted by molar-refractivity contribution is 8.02. The van der Waals surface area contributed by atoms with Gasteiger partial charge in [0.15, 0.2) is 0 Å². The van der Waals surface area contributed by atoms with Crippen LogP contribution in [-0.4, -0.2) is 17.3 Å². The summed E-state index contributed by atoms with van der Waals surface area (Å²) in [6.07, 6.45) is 1.05. The van der Waals surface area contributed by atoms with Gasteiger partial charge in [0.05, 0.1) is 5.25 Å². The molecule has 8 heavy (non-hydrogen) atoms. The van der Waals surface area contributed by atoms with Gasteiger partial charge in [-0.05, 0) is 5.41 Å². The lowest BCUT2D eigenvalue weighted by atomic mass is 9.91. The Morgan fingerprint density at radius 1 is 1.75 bits per heavy atom. The Balaban J connectivity index is 2.49. The highest BCUT2D eigenvalue weighted by Crippen LogP contribution is 2.43. The molecule has 0 aromatic rings. The van der Waals surface area contributed by atoms with E-state index in [1.54, 1.807) is 11.8 Å². The van der Waals surface area contributed by atoms with Crippen LogP contribution in [0.4, 0.5) is 0 Å². The zero-order valence-electron chi connectivity index (χ0n) is 5.18. The zero-order chi connectivity index (χ0) is 6.20. The molecule has 0 radical (unpaired) electrons. The SMILES string of the molecule is CC1(C)CSC1C=O. The molecule has 0 bridgehead atoms. The van der Waals surface area contributed by atoms with Crippen LogP contribution in [0.5, 0.6) is 0 Å². The molecule has 1 aliphatic heterocycles. The topological polar surface area (TPSA) is 17.1 Å². The Labute approximate surface area is 53.8 Å². The lowest BCUT2D eigenvalue weighted by Crippen LogP contribution is -2.40. The smallest absolute Gasteiger partial charge is 0.133 e. The Hall–Kier alpha value is 0.0200. The molecule has 0 aromatic carbocycles. The lowest BCUT2D eigenvalue weighted by molar-refractivity contribution is -0.109. The molecule has 1 unspecified atom stereocenters. The van der Waals surface area contributed by atoms with Crippen molar-refractivity contribution in [2.75, 3.05) is 5.75 Å². The molecule has 0 aliphatic carbocycles. The van der Waals surface area contributed by atoms with Crippen molar-refractivity contribution < 1.29 is 4.79 Å². The second-order valence-electron chi connectivity index (χ2n) is 2.86. The van der Waals surface area contributed by atoms with Gasteiger partial charge in [-0.1, -0.05) is 13.8 Å². The highest BCUT2D eigenvalue weighted by atomic mass is 32.2. The minimum atomic E-state index is 0.266. The van der Waals surface area contributed by atoms with E-state index in [0.29, 0.717) is 0 Å². The predicted octanol–water partition coefficient (Wildman–Crippen LogP) is 1.33. The van der Waals surface area contributed by atoms with Crippen LogP contribution < -0.4 is 0 Å². The largest absolute Gasteiger partial charge is 0.302 e. The van der Waals surface area contributed by atoms with Crippen LogP contribution in [0.3, 0.4) is 0 Å². The van der Waals surface area contributed by atoms with Gasteiger partial charge in [0.2, 0.25) is 0 Å². The summed E-state index contributed by atoms with van der Waals surface area (Å²) in [5.41, 5.74) is 0.284. The first kappa shape index (κ1) is 6.14. The van der Waals surface area contributed by atoms with E-state index in [2.05, 4.69) is 13.8 Å². The van der Waals surface area contributed by atoms with E-state index in [1.165, 1.54) is 0 Å². The number of hydrogen-bond acceptors (Lipinski definition) is 2. The first-order chi connectivity index (χ1) is 3.67. The van der Waals surface area contributed by atoms with Crippen LogP contribution in [0, 0.1) is 5.41 Å². The van der Waals surface area contributed by atoms with Crippen molar-refractivity contribution in [1.29, 1.82) is 0 Å². The molecule has 1 aliphatic rings. The number of thioether (sulfide) groups is 1. The van der Waals surface area contributed by atoms with Gasteiger partial charge in [0.25, 0.3) is 0 Å². The Kier molecular flexibility index (Phi) is 1.35. The Bertz CT molecular complexity index is 109. The molecule has 1 saturated heterocycles. The van der Waals surface area contributed by atoms with Gasteiger partial charge in [0, 0.05) is 5.75 Å². The fraction of sp³-hybridized carbons (Fsp3) is 0.833. The normalized spacial score (nSPS) is 33.5. The first-order valence-electron chi connectivity index (χ1n) is 2.74. The Morgan fingerprint density at radius 3 is 2.38 bits per heavy atom. The maximum Gasteiger partial charge on any atom is 0.133 e. The second kappa shape index (κ2) is 1.76. The molecule has 1 fully saturated rings. The number of carbonyl (C=O) groups is 1. The van der Waals surface area contributed by atoms with Crippen LogP contribution in [0.1, 0.15) is 13.8 Å². The molecule has 1 rings (SSSR count). The van der Waals surface area contributed by atoms with Gasteiger partial charge in [-0.2, -0.15) is 0 Å². The average molecular weight is 130 g/mol. The van der Waals surface area contributed by atoms with E-state index in [9.17, 15) is 4.79 Å². The maximum absolute atomic E-state index is 10.2. The third kappa shape index (κ3) is 0.772. The summed E-state index contributed by atoms with van der Waals surface area (Å²) in [6.45, 7) is 4.26. The molecule has 0 aromatic heterocycles.